The van der Waals surface area contributed by atoms with Crippen molar-refractivity contribution in [1.82, 2.24) is 15.2 Å². The van der Waals surface area contributed by atoms with Crippen molar-refractivity contribution in [2.45, 2.75) is 52.1 Å². The van der Waals surface area contributed by atoms with Crippen molar-refractivity contribution < 1.29 is 4.79 Å². The molecule has 1 aliphatic carbocycles. The van der Waals surface area contributed by atoms with Gasteiger partial charge in [0.15, 0.2) is 0 Å². The molecule has 3 atom stereocenters. The summed E-state index contributed by atoms with van der Waals surface area (Å²) in [6.07, 6.45) is 7.51. The fourth-order valence-electron chi connectivity index (χ4n) is 4.48. The maximum atomic E-state index is 12.8. The summed E-state index contributed by atoms with van der Waals surface area (Å²) in [4.78, 5) is 18.8. The molecule has 2 heterocycles. The third-order valence-electron chi connectivity index (χ3n) is 5.97. The molecule has 1 aliphatic heterocycles. The van der Waals surface area contributed by atoms with E-state index in [0.717, 1.165) is 32.4 Å². The van der Waals surface area contributed by atoms with E-state index in [4.69, 9.17) is 0 Å². The number of nitrogens with one attached hydrogen (secondary N) is 2. The largest absolute Gasteiger partial charge is 0.361 e. The standard InChI is InChI=1S/C22H29N3O/c1-4-9-25-13-16(22(26)24-14(3)5-2)10-18-17-7-6-8-19-21(17)15(12-23-19)11-20(18)25/h6-8,10,12,14,16,20,23H,4-5,9,11,13H2,1-3H3,(H,24,26)/t14?,16-,20-/m1/s1. The fourth-order valence-corrected chi connectivity index (χ4v) is 4.48. The first kappa shape index (κ1) is 17.3. The van der Waals surface area contributed by atoms with Gasteiger partial charge in [-0.2, -0.15) is 0 Å². The van der Waals surface area contributed by atoms with Crippen LogP contribution in [0.2, 0.25) is 0 Å². The topological polar surface area (TPSA) is 48.1 Å². The summed E-state index contributed by atoms with van der Waals surface area (Å²) in [5.41, 5.74) is 5.25. The number of H-pyrrole nitrogens is 1. The lowest BCUT2D eigenvalue weighted by atomic mass is 9.79. The number of nitrogens with zero attached hydrogens (tertiary/aromatic N) is 1. The number of hydrogen-bond donors (Lipinski definition) is 2. The van der Waals surface area contributed by atoms with E-state index < -0.39 is 0 Å². The van der Waals surface area contributed by atoms with Crippen LogP contribution in [0.4, 0.5) is 0 Å². The van der Waals surface area contributed by atoms with Gasteiger partial charge in [0.1, 0.15) is 0 Å². The van der Waals surface area contributed by atoms with Gasteiger partial charge in [-0.05, 0) is 55.5 Å². The Morgan fingerprint density at radius 2 is 2.23 bits per heavy atom. The highest BCUT2D eigenvalue weighted by Gasteiger charge is 2.36. The average Bonchev–Trinajstić information content (AvgIpc) is 3.06. The van der Waals surface area contributed by atoms with E-state index in [1.807, 2.05) is 0 Å². The Balaban J connectivity index is 1.75. The smallest absolute Gasteiger partial charge is 0.228 e. The minimum Gasteiger partial charge on any atom is -0.361 e. The van der Waals surface area contributed by atoms with Crippen molar-refractivity contribution in [3.63, 3.8) is 0 Å². The number of hydrogen-bond acceptors (Lipinski definition) is 2. The van der Waals surface area contributed by atoms with E-state index in [2.05, 4.69) is 66.4 Å². The van der Waals surface area contributed by atoms with Gasteiger partial charge in [0, 0.05) is 35.7 Å². The van der Waals surface area contributed by atoms with Gasteiger partial charge >= 0.3 is 0 Å². The summed E-state index contributed by atoms with van der Waals surface area (Å²) in [6.45, 7) is 8.26. The molecule has 0 bridgehead atoms. The van der Waals surface area contributed by atoms with Crippen LogP contribution in [-0.4, -0.2) is 41.0 Å². The molecule has 2 N–H and O–H groups in total. The highest BCUT2D eigenvalue weighted by molar-refractivity contribution is 5.99. The first-order valence-corrected chi connectivity index (χ1v) is 9.97. The molecule has 1 unspecified atom stereocenters. The quantitative estimate of drug-likeness (QED) is 0.862. The van der Waals surface area contributed by atoms with Crippen molar-refractivity contribution in [1.29, 1.82) is 0 Å². The molecule has 2 aromatic rings. The van der Waals surface area contributed by atoms with Gasteiger partial charge in [-0.3, -0.25) is 9.69 Å². The minimum atomic E-state index is -0.0717. The number of aromatic amines is 1. The number of fused-ring (bicyclic) bond motifs is 2. The van der Waals surface area contributed by atoms with Crippen molar-refractivity contribution in [2.24, 2.45) is 5.92 Å². The number of benzene rings is 1. The zero-order valence-corrected chi connectivity index (χ0v) is 16.0. The molecule has 0 saturated carbocycles. The van der Waals surface area contributed by atoms with Crippen LogP contribution in [0, 0.1) is 5.92 Å². The van der Waals surface area contributed by atoms with Crippen LogP contribution in [0.1, 0.15) is 44.7 Å². The fraction of sp³-hybridized carbons (Fsp3) is 0.500. The molecule has 1 aromatic carbocycles. The predicted molar refractivity (Wildman–Crippen MR) is 107 cm³/mol. The summed E-state index contributed by atoms with van der Waals surface area (Å²) in [7, 11) is 0. The highest BCUT2D eigenvalue weighted by atomic mass is 16.2. The van der Waals surface area contributed by atoms with E-state index in [-0.39, 0.29) is 17.9 Å². The molecule has 4 nitrogen and oxygen atoms in total. The highest BCUT2D eigenvalue weighted by Crippen LogP contribution is 2.41. The monoisotopic (exact) mass is 351 g/mol. The SMILES string of the molecule is CCCN1C[C@H](C(=O)NC(C)CC)C=C2c3cccc4[nH]cc(c34)C[C@H]21. The van der Waals surface area contributed by atoms with Crippen LogP contribution in [0.5, 0.6) is 0 Å². The van der Waals surface area contributed by atoms with Crippen LogP contribution >= 0.6 is 0 Å². The number of aromatic nitrogens is 1. The van der Waals surface area contributed by atoms with E-state index in [1.54, 1.807) is 0 Å². The maximum absolute atomic E-state index is 12.8. The summed E-state index contributed by atoms with van der Waals surface area (Å²) < 4.78 is 0. The molecule has 0 radical (unpaired) electrons. The van der Waals surface area contributed by atoms with Gasteiger partial charge in [-0.15, -0.1) is 0 Å². The lowest BCUT2D eigenvalue weighted by Crippen LogP contribution is -2.49. The summed E-state index contributed by atoms with van der Waals surface area (Å²) in [6, 6.07) is 7.09. The molecule has 4 heteroatoms. The van der Waals surface area contributed by atoms with Crippen molar-refractivity contribution in [3.05, 3.63) is 41.6 Å². The lowest BCUT2D eigenvalue weighted by molar-refractivity contribution is -0.125. The van der Waals surface area contributed by atoms with Crippen molar-refractivity contribution in [2.75, 3.05) is 13.1 Å². The van der Waals surface area contributed by atoms with Gasteiger partial charge in [-0.1, -0.05) is 32.1 Å². The van der Waals surface area contributed by atoms with Crippen LogP contribution in [-0.2, 0) is 11.2 Å². The Hall–Kier alpha value is -2.07. The second-order valence-electron chi connectivity index (χ2n) is 7.80. The molecule has 0 spiro atoms. The molecule has 1 amide bonds. The molecular formula is C22H29N3O. The molecule has 4 rings (SSSR count). The molecule has 0 fully saturated rings. The van der Waals surface area contributed by atoms with Crippen LogP contribution in [0.3, 0.4) is 0 Å². The zero-order valence-electron chi connectivity index (χ0n) is 16.0. The number of amides is 1. The van der Waals surface area contributed by atoms with E-state index in [9.17, 15) is 4.79 Å². The molecule has 2 aliphatic rings. The number of carbonyl (C=O) groups is 1. The number of carbonyl (C=O) groups excluding carboxylic acids is 1. The van der Waals surface area contributed by atoms with E-state index >= 15 is 0 Å². The molecule has 0 saturated heterocycles. The van der Waals surface area contributed by atoms with Crippen LogP contribution in [0.25, 0.3) is 16.5 Å². The summed E-state index contributed by atoms with van der Waals surface area (Å²) >= 11 is 0. The second kappa shape index (κ2) is 6.92. The summed E-state index contributed by atoms with van der Waals surface area (Å²) in [5, 5.41) is 4.52. The first-order valence-electron chi connectivity index (χ1n) is 9.97. The van der Waals surface area contributed by atoms with Gasteiger partial charge in [0.2, 0.25) is 5.91 Å². The van der Waals surface area contributed by atoms with E-state index in [0.29, 0.717) is 6.04 Å². The Bertz CT molecular complexity index is 850. The Morgan fingerprint density at radius 1 is 1.38 bits per heavy atom. The predicted octanol–water partition coefficient (Wildman–Crippen LogP) is 3.73. The Kier molecular flexibility index (Phi) is 4.62. The second-order valence-corrected chi connectivity index (χ2v) is 7.80. The van der Waals surface area contributed by atoms with Gasteiger partial charge in [-0.25, -0.2) is 0 Å². The van der Waals surface area contributed by atoms with Crippen molar-refractivity contribution in [3.8, 4) is 0 Å². The van der Waals surface area contributed by atoms with Crippen LogP contribution in [0.15, 0.2) is 30.5 Å². The first-order chi connectivity index (χ1) is 12.6. The molecule has 1 aromatic heterocycles. The van der Waals surface area contributed by atoms with Gasteiger partial charge < -0.3 is 10.3 Å². The molecule has 26 heavy (non-hydrogen) atoms. The van der Waals surface area contributed by atoms with Gasteiger partial charge in [0.25, 0.3) is 0 Å². The van der Waals surface area contributed by atoms with Gasteiger partial charge in [0.05, 0.1) is 5.92 Å². The average molecular weight is 351 g/mol. The van der Waals surface area contributed by atoms with E-state index in [1.165, 1.54) is 27.6 Å². The number of rotatable bonds is 5. The third kappa shape index (κ3) is 2.86. The normalized spacial score (nSPS) is 23.4. The maximum Gasteiger partial charge on any atom is 0.228 e. The molecule has 138 valence electrons. The van der Waals surface area contributed by atoms with Crippen LogP contribution < -0.4 is 5.32 Å². The lowest BCUT2D eigenvalue weighted by Gasteiger charge is -2.41. The zero-order chi connectivity index (χ0) is 18.3. The Labute approximate surface area is 155 Å². The summed E-state index contributed by atoms with van der Waals surface area (Å²) in [5.74, 6) is 0.0935. The third-order valence-corrected chi connectivity index (χ3v) is 5.97. The minimum absolute atomic E-state index is 0.0717. The van der Waals surface area contributed by atoms with Crippen molar-refractivity contribution >= 4 is 22.4 Å². The Morgan fingerprint density at radius 3 is 3.00 bits per heavy atom. The molecular weight excluding hydrogens is 322 g/mol.